The molecule has 0 unspecified atom stereocenters. The zero-order chi connectivity index (χ0) is 14.8. The van der Waals surface area contributed by atoms with E-state index in [4.69, 9.17) is 5.11 Å². The third-order valence-electron chi connectivity index (χ3n) is 1.76. The molecule has 1 N–H and O–H groups in total. The van der Waals surface area contributed by atoms with Crippen LogP contribution in [0.1, 0.15) is 16.1 Å². The second kappa shape index (κ2) is 4.94. The van der Waals surface area contributed by atoms with E-state index in [1.54, 1.807) is 0 Å². The molecular weight excluding hydrogens is 284 g/mol. The monoisotopic (exact) mass is 289 g/mol. The van der Waals surface area contributed by atoms with Gasteiger partial charge in [0.05, 0.1) is 0 Å². The Labute approximate surface area is 101 Å². The van der Waals surface area contributed by atoms with Crippen molar-refractivity contribution in [2.24, 2.45) is 0 Å². The molecular formula is C9H5F6NO3. The van der Waals surface area contributed by atoms with Crippen molar-refractivity contribution in [1.82, 2.24) is 4.98 Å². The maximum absolute atomic E-state index is 12.5. The molecule has 1 aromatic heterocycles. The molecule has 0 amide bonds. The first-order valence-electron chi connectivity index (χ1n) is 4.52. The molecule has 0 saturated heterocycles. The lowest BCUT2D eigenvalue weighted by Crippen LogP contribution is -2.22. The first-order chi connectivity index (χ1) is 8.50. The lowest BCUT2D eigenvalue weighted by atomic mass is 10.2. The molecule has 4 nitrogen and oxygen atoms in total. The third kappa shape index (κ3) is 4.30. The molecule has 0 saturated carbocycles. The number of aromatic carboxylic acids is 1. The minimum atomic E-state index is -5.01. The van der Waals surface area contributed by atoms with Gasteiger partial charge in [-0.2, -0.15) is 26.3 Å². The van der Waals surface area contributed by atoms with Crippen LogP contribution in [0.5, 0.6) is 5.88 Å². The quantitative estimate of drug-likeness (QED) is 0.869. The van der Waals surface area contributed by atoms with Gasteiger partial charge in [0.1, 0.15) is 5.56 Å². The fourth-order valence-corrected chi connectivity index (χ4v) is 1.04. The Kier molecular flexibility index (Phi) is 3.91. The molecule has 0 aromatic carbocycles. The van der Waals surface area contributed by atoms with Gasteiger partial charge in [0.25, 0.3) is 0 Å². The lowest BCUT2D eigenvalue weighted by Gasteiger charge is -2.14. The Balaban J connectivity index is 3.15. The van der Waals surface area contributed by atoms with Crippen molar-refractivity contribution < 1.29 is 41.0 Å². The summed E-state index contributed by atoms with van der Waals surface area (Å²) in [4.78, 5) is 13.4. The molecule has 0 radical (unpaired) electrons. The van der Waals surface area contributed by atoms with Crippen LogP contribution in [0.2, 0.25) is 0 Å². The minimum absolute atomic E-state index is 0.294. The summed E-state index contributed by atoms with van der Waals surface area (Å²) in [5, 5.41) is 8.51. The summed E-state index contributed by atoms with van der Waals surface area (Å²) in [6, 6.07) is 0.813. The van der Waals surface area contributed by atoms with Crippen LogP contribution in [-0.2, 0) is 6.18 Å². The first kappa shape index (κ1) is 15.1. The largest absolute Gasteiger partial charge is 0.477 e. The van der Waals surface area contributed by atoms with Crippen LogP contribution in [-0.4, -0.2) is 28.8 Å². The number of alkyl halides is 6. The number of hydrogen-bond donors (Lipinski definition) is 1. The van der Waals surface area contributed by atoms with Crippen LogP contribution in [0.25, 0.3) is 0 Å². The van der Waals surface area contributed by atoms with Gasteiger partial charge < -0.3 is 9.84 Å². The molecule has 0 aliphatic heterocycles. The summed E-state index contributed by atoms with van der Waals surface area (Å²) in [5.41, 5.74) is -2.44. The lowest BCUT2D eigenvalue weighted by molar-refractivity contribution is -0.159. The van der Waals surface area contributed by atoms with E-state index >= 15 is 0 Å². The molecule has 19 heavy (non-hydrogen) atoms. The van der Waals surface area contributed by atoms with Crippen molar-refractivity contribution in [1.29, 1.82) is 0 Å². The topological polar surface area (TPSA) is 59.4 Å². The summed E-state index contributed by atoms with van der Waals surface area (Å²) in [5.74, 6) is -3.12. The van der Waals surface area contributed by atoms with Gasteiger partial charge in [0, 0.05) is 0 Å². The zero-order valence-corrected chi connectivity index (χ0v) is 8.84. The highest BCUT2D eigenvalue weighted by Crippen LogP contribution is 2.35. The molecule has 106 valence electrons. The highest BCUT2D eigenvalue weighted by atomic mass is 19.4. The molecule has 1 heterocycles. The number of carbonyl (C=O) groups is 1. The van der Waals surface area contributed by atoms with Crippen LogP contribution >= 0.6 is 0 Å². The highest BCUT2D eigenvalue weighted by Gasteiger charge is 2.37. The van der Waals surface area contributed by atoms with Crippen LogP contribution in [0.4, 0.5) is 26.3 Å². The number of rotatable bonds is 3. The van der Waals surface area contributed by atoms with Crippen molar-refractivity contribution in [3.8, 4) is 5.88 Å². The van der Waals surface area contributed by atoms with Crippen molar-refractivity contribution in [2.75, 3.05) is 6.61 Å². The van der Waals surface area contributed by atoms with Gasteiger partial charge in [0.2, 0.25) is 5.88 Å². The van der Waals surface area contributed by atoms with E-state index in [9.17, 15) is 31.1 Å². The number of pyridine rings is 1. The first-order valence-corrected chi connectivity index (χ1v) is 4.52. The van der Waals surface area contributed by atoms with Gasteiger partial charge in [-0.25, -0.2) is 9.78 Å². The Morgan fingerprint density at radius 3 is 2.21 bits per heavy atom. The van der Waals surface area contributed by atoms with E-state index < -0.39 is 42.1 Å². The van der Waals surface area contributed by atoms with Gasteiger partial charge in [-0.15, -0.1) is 0 Å². The molecule has 10 heteroatoms. The molecule has 0 aliphatic rings. The average molecular weight is 289 g/mol. The summed E-state index contributed by atoms with van der Waals surface area (Å²) >= 11 is 0. The molecule has 0 aliphatic carbocycles. The number of nitrogens with zero attached hydrogens (tertiary/aromatic N) is 1. The van der Waals surface area contributed by atoms with Crippen LogP contribution < -0.4 is 4.74 Å². The van der Waals surface area contributed by atoms with Gasteiger partial charge in [-0.3, -0.25) is 0 Å². The van der Waals surface area contributed by atoms with Crippen molar-refractivity contribution in [3.63, 3.8) is 0 Å². The fourth-order valence-electron chi connectivity index (χ4n) is 1.04. The van der Waals surface area contributed by atoms with Gasteiger partial charge in [-0.1, -0.05) is 0 Å². The standard InChI is InChI=1S/C9H5F6NO3/c10-8(11,12)3-19-6-4(9(13,14)15)1-2-5(16-6)7(17)18/h1-2H,3H2,(H,17,18). The van der Waals surface area contributed by atoms with Gasteiger partial charge >= 0.3 is 18.3 Å². The van der Waals surface area contributed by atoms with Crippen LogP contribution in [0, 0.1) is 0 Å². The third-order valence-corrected chi connectivity index (χ3v) is 1.76. The number of hydrogen-bond acceptors (Lipinski definition) is 3. The number of halogens is 6. The number of carboxylic acids is 1. The minimum Gasteiger partial charge on any atom is -0.477 e. The normalized spacial score (nSPS) is 12.3. The van der Waals surface area contributed by atoms with Gasteiger partial charge in [-0.05, 0) is 12.1 Å². The predicted molar refractivity (Wildman–Crippen MR) is 47.7 cm³/mol. The predicted octanol–water partition coefficient (Wildman–Crippen LogP) is 2.74. The van der Waals surface area contributed by atoms with Crippen LogP contribution in [0.3, 0.4) is 0 Å². The average Bonchev–Trinajstić information content (AvgIpc) is 2.23. The fraction of sp³-hybridized carbons (Fsp3) is 0.333. The Hall–Kier alpha value is -2.00. The summed E-state index contributed by atoms with van der Waals surface area (Å²) in [6.45, 7) is -2.01. The second-order valence-corrected chi connectivity index (χ2v) is 3.26. The van der Waals surface area contributed by atoms with Crippen molar-refractivity contribution in [2.45, 2.75) is 12.4 Å². The molecule has 1 rings (SSSR count). The van der Waals surface area contributed by atoms with Crippen molar-refractivity contribution in [3.05, 3.63) is 23.4 Å². The summed E-state index contributed by atoms with van der Waals surface area (Å²) in [6.07, 6.45) is -9.88. The van der Waals surface area contributed by atoms with E-state index in [2.05, 4.69) is 9.72 Å². The number of carboxylic acid groups (broad SMARTS) is 1. The summed E-state index contributed by atoms with van der Waals surface area (Å²) < 4.78 is 76.9. The van der Waals surface area contributed by atoms with Crippen LogP contribution in [0.15, 0.2) is 12.1 Å². The van der Waals surface area contributed by atoms with E-state index in [-0.39, 0.29) is 0 Å². The van der Waals surface area contributed by atoms with Gasteiger partial charge in [0.15, 0.2) is 12.3 Å². The molecule has 1 aromatic rings. The Morgan fingerprint density at radius 1 is 1.21 bits per heavy atom. The van der Waals surface area contributed by atoms with E-state index in [1.165, 1.54) is 0 Å². The van der Waals surface area contributed by atoms with E-state index in [0.29, 0.717) is 12.1 Å². The second-order valence-electron chi connectivity index (χ2n) is 3.26. The van der Waals surface area contributed by atoms with E-state index in [0.717, 1.165) is 0 Å². The highest BCUT2D eigenvalue weighted by molar-refractivity contribution is 5.85. The molecule has 0 fully saturated rings. The SMILES string of the molecule is O=C(O)c1ccc(C(F)(F)F)c(OCC(F)(F)F)n1. The van der Waals surface area contributed by atoms with Crippen molar-refractivity contribution >= 4 is 5.97 Å². The Bertz CT molecular complexity index is 482. The smallest absolute Gasteiger partial charge is 0.422 e. The summed E-state index contributed by atoms with van der Waals surface area (Å²) in [7, 11) is 0. The Morgan fingerprint density at radius 2 is 1.79 bits per heavy atom. The molecule has 0 atom stereocenters. The maximum atomic E-state index is 12.5. The zero-order valence-electron chi connectivity index (χ0n) is 8.84. The molecule has 0 spiro atoms. The molecule has 0 bridgehead atoms. The maximum Gasteiger partial charge on any atom is 0.422 e. The van der Waals surface area contributed by atoms with E-state index in [1.807, 2.05) is 0 Å². The number of aromatic nitrogens is 1. The number of ether oxygens (including phenoxy) is 1.